The number of hydrogen-bond acceptors (Lipinski definition) is 2. The molecule has 4 heteroatoms. The van der Waals surface area contributed by atoms with Gasteiger partial charge in [0.05, 0.1) is 5.56 Å². The largest absolute Gasteiger partial charge is 0.267 e. The molecular weight excluding hydrogens is 164 g/mol. The predicted molar refractivity (Wildman–Crippen MR) is 55.7 cm³/mol. The van der Waals surface area contributed by atoms with Gasteiger partial charge in [-0.2, -0.15) is 9.78 Å². The van der Waals surface area contributed by atoms with E-state index >= 15 is 0 Å². The van der Waals surface area contributed by atoms with E-state index in [1.54, 1.807) is 4.68 Å². The fourth-order valence-corrected chi connectivity index (χ4v) is 1.55. The van der Waals surface area contributed by atoms with Crippen molar-refractivity contribution < 1.29 is 0 Å². The van der Waals surface area contributed by atoms with Crippen molar-refractivity contribution in [1.82, 2.24) is 9.27 Å². The molecule has 1 aromatic rings. The molecule has 0 saturated heterocycles. The van der Waals surface area contributed by atoms with E-state index in [2.05, 4.69) is 23.6 Å². The van der Waals surface area contributed by atoms with Gasteiger partial charge in [0.2, 0.25) is 0 Å². The van der Waals surface area contributed by atoms with Gasteiger partial charge in [0, 0.05) is 25.7 Å². The van der Waals surface area contributed by atoms with Crippen LogP contribution in [-0.4, -0.2) is 25.2 Å². The van der Waals surface area contributed by atoms with Gasteiger partial charge in [0.15, 0.2) is 0 Å². The summed E-state index contributed by atoms with van der Waals surface area (Å²) in [5.41, 5.74) is 1.11. The molecule has 0 aromatic carbocycles. The molecule has 1 atom stereocenters. The second-order valence-electron chi connectivity index (χ2n) is 3.06. The first-order chi connectivity index (χ1) is 6.21. The number of hydrogen-bond donors (Lipinski definition) is 0. The van der Waals surface area contributed by atoms with Crippen molar-refractivity contribution in [3.63, 3.8) is 0 Å². The number of fused-ring (bicyclic) bond motifs is 1. The van der Waals surface area contributed by atoms with E-state index < -0.39 is 0 Å². The first kappa shape index (κ1) is 7.94. The molecule has 1 unspecified atom stereocenters. The van der Waals surface area contributed by atoms with Gasteiger partial charge in [-0.3, -0.25) is 0 Å². The minimum absolute atomic E-state index is 0.321. The van der Waals surface area contributed by atoms with Crippen LogP contribution < -0.4 is 4.59 Å². The maximum atomic E-state index is 4.03. The van der Waals surface area contributed by atoms with Crippen molar-refractivity contribution in [2.75, 3.05) is 7.05 Å². The highest BCUT2D eigenvalue weighted by Crippen LogP contribution is 2.34. The predicted octanol–water partition coefficient (Wildman–Crippen LogP) is 1.49. The van der Waals surface area contributed by atoms with Crippen molar-refractivity contribution in [3.05, 3.63) is 24.0 Å². The molecule has 66 valence electrons. The molecule has 0 amide bonds. The van der Waals surface area contributed by atoms with Crippen LogP contribution in [0.4, 0.5) is 5.82 Å². The first-order valence-corrected chi connectivity index (χ1v) is 3.94. The highest BCUT2D eigenvalue weighted by molar-refractivity contribution is 5.71. The zero-order chi connectivity index (χ0) is 9.47. The summed E-state index contributed by atoms with van der Waals surface area (Å²) in [5.74, 6) is 0.977. The van der Waals surface area contributed by atoms with Gasteiger partial charge in [0.25, 0.3) is 5.82 Å². The number of rotatable bonds is 2. The van der Waals surface area contributed by atoms with Crippen molar-refractivity contribution in [1.29, 1.82) is 0 Å². The van der Waals surface area contributed by atoms with Crippen LogP contribution in [0.3, 0.4) is 0 Å². The van der Waals surface area contributed by atoms with Crippen LogP contribution >= 0.6 is 0 Å². The van der Waals surface area contributed by atoms with Gasteiger partial charge in [-0.1, -0.05) is 5.10 Å². The Kier molecular flexibility index (Phi) is 1.47. The second-order valence-corrected chi connectivity index (χ2v) is 3.06. The molecule has 0 spiro atoms. The van der Waals surface area contributed by atoms with Crippen molar-refractivity contribution in [3.8, 4) is 0 Å². The summed E-state index contributed by atoms with van der Waals surface area (Å²) in [7, 11) is 1.94. The van der Waals surface area contributed by atoms with Crippen molar-refractivity contribution in [2.24, 2.45) is 10.2 Å². The third-order valence-corrected chi connectivity index (χ3v) is 2.29. The molecule has 13 heavy (non-hydrogen) atoms. The van der Waals surface area contributed by atoms with Gasteiger partial charge in [-0.05, 0) is 6.07 Å². The maximum Gasteiger partial charge on any atom is 0.267 e. The van der Waals surface area contributed by atoms with Gasteiger partial charge in [0.1, 0.15) is 13.2 Å². The molecule has 1 aromatic heterocycles. The minimum Gasteiger partial charge on any atom is -0.191 e. The SMILES string of the molecule is C=Nn1ccc2c1[N+](C)(N=C)C=C2. The summed E-state index contributed by atoms with van der Waals surface area (Å²) >= 11 is 0. The third-order valence-electron chi connectivity index (χ3n) is 2.29. The molecule has 2 heterocycles. The Hall–Kier alpha value is -1.68. The smallest absolute Gasteiger partial charge is 0.191 e. The molecule has 4 nitrogen and oxygen atoms in total. The Morgan fingerprint density at radius 2 is 2.23 bits per heavy atom. The van der Waals surface area contributed by atoms with Gasteiger partial charge in [-0.25, -0.2) is 0 Å². The van der Waals surface area contributed by atoms with E-state index in [1.165, 1.54) is 0 Å². The molecule has 1 aliphatic rings. The van der Waals surface area contributed by atoms with E-state index in [4.69, 9.17) is 0 Å². The van der Waals surface area contributed by atoms with Crippen LogP contribution in [0.2, 0.25) is 0 Å². The van der Waals surface area contributed by atoms with Crippen LogP contribution in [0, 0.1) is 0 Å². The molecule has 2 rings (SSSR count). The summed E-state index contributed by atoms with van der Waals surface area (Å²) in [4.78, 5) is 0. The van der Waals surface area contributed by atoms with Gasteiger partial charge in [-0.15, -0.1) is 4.59 Å². The zero-order valence-corrected chi connectivity index (χ0v) is 7.51. The summed E-state index contributed by atoms with van der Waals surface area (Å²) in [6, 6.07) is 1.98. The van der Waals surface area contributed by atoms with Crippen LogP contribution in [0.25, 0.3) is 6.08 Å². The Bertz CT molecular complexity index is 402. The number of aromatic nitrogens is 1. The minimum atomic E-state index is 0.321. The zero-order valence-electron chi connectivity index (χ0n) is 7.51. The third kappa shape index (κ3) is 0.891. The fourth-order valence-electron chi connectivity index (χ4n) is 1.55. The molecule has 0 radical (unpaired) electrons. The van der Waals surface area contributed by atoms with Gasteiger partial charge >= 0.3 is 0 Å². The molecule has 0 saturated carbocycles. The summed E-state index contributed by atoms with van der Waals surface area (Å²) in [6.45, 7) is 7.06. The molecule has 0 bridgehead atoms. The fraction of sp³-hybridized carbons (Fsp3) is 0.111. The molecule has 1 aliphatic heterocycles. The van der Waals surface area contributed by atoms with E-state index in [9.17, 15) is 0 Å². The van der Waals surface area contributed by atoms with Crippen LogP contribution in [0.15, 0.2) is 28.7 Å². The highest BCUT2D eigenvalue weighted by Gasteiger charge is 2.33. The van der Waals surface area contributed by atoms with Crippen LogP contribution in [0.1, 0.15) is 5.56 Å². The maximum absolute atomic E-state index is 4.03. The standard InChI is InChI=1S/C9H11N4/c1-10-12-6-4-8-5-7-13(3,11-2)9(8)12/h4-7H,1-2H2,3H3/q+1. The summed E-state index contributed by atoms with van der Waals surface area (Å²) in [5, 5.41) is 7.90. The lowest BCUT2D eigenvalue weighted by atomic mass is 10.3. The number of nitrogens with zero attached hydrogens (tertiary/aromatic N) is 4. The Morgan fingerprint density at radius 3 is 2.85 bits per heavy atom. The lowest BCUT2D eigenvalue weighted by Crippen LogP contribution is -2.31. The lowest BCUT2D eigenvalue weighted by molar-refractivity contribution is 0.460. The Morgan fingerprint density at radius 1 is 1.46 bits per heavy atom. The van der Waals surface area contributed by atoms with Crippen molar-refractivity contribution >= 4 is 25.3 Å². The summed E-state index contributed by atoms with van der Waals surface area (Å²) < 4.78 is 2.03. The molecule has 0 aliphatic carbocycles. The number of quaternary nitrogens is 1. The summed E-state index contributed by atoms with van der Waals surface area (Å²) in [6.07, 6.45) is 5.83. The monoisotopic (exact) mass is 175 g/mol. The Balaban J connectivity index is 2.67. The van der Waals surface area contributed by atoms with Crippen LogP contribution in [-0.2, 0) is 0 Å². The van der Waals surface area contributed by atoms with E-state index in [0.717, 1.165) is 11.4 Å². The van der Waals surface area contributed by atoms with Crippen LogP contribution in [0.5, 0.6) is 0 Å². The topological polar surface area (TPSA) is 29.6 Å². The highest BCUT2D eigenvalue weighted by atomic mass is 15.6. The van der Waals surface area contributed by atoms with E-state index in [0.29, 0.717) is 4.59 Å². The van der Waals surface area contributed by atoms with E-state index in [-0.39, 0.29) is 0 Å². The average molecular weight is 175 g/mol. The molecular formula is C9H11N4+. The first-order valence-electron chi connectivity index (χ1n) is 3.94. The molecule has 0 N–H and O–H groups in total. The molecule has 0 fully saturated rings. The second kappa shape index (κ2) is 2.40. The van der Waals surface area contributed by atoms with Crippen molar-refractivity contribution in [2.45, 2.75) is 0 Å². The lowest BCUT2D eigenvalue weighted by Gasteiger charge is -2.18. The Labute approximate surface area is 76.7 Å². The quantitative estimate of drug-likeness (QED) is 0.481. The average Bonchev–Trinajstić information content (AvgIpc) is 2.68. The van der Waals surface area contributed by atoms with Gasteiger partial charge < -0.3 is 0 Å². The normalized spacial score (nSPS) is 24.4. The van der Waals surface area contributed by atoms with E-state index in [1.807, 2.05) is 31.6 Å².